The van der Waals surface area contributed by atoms with Crippen molar-refractivity contribution in [1.82, 2.24) is 5.32 Å². The van der Waals surface area contributed by atoms with Gasteiger partial charge in [-0.15, -0.1) is 0 Å². The second-order valence-corrected chi connectivity index (χ2v) is 6.37. The maximum absolute atomic E-state index is 5.42. The van der Waals surface area contributed by atoms with E-state index in [1.807, 2.05) is 0 Å². The highest BCUT2D eigenvalue weighted by molar-refractivity contribution is 5.49. The van der Waals surface area contributed by atoms with Gasteiger partial charge >= 0.3 is 0 Å². The van der Waals surface area contributed by atoms with E-state index in [0.717, 1.165) is 19.7 Å². The molecule has 20 heavy (non-hydrogen) atoms. The molecule has 114 valence electrons. The third-order valence-electron chi connectivity index (χ3n) is 3.34. The monoisotopic (exact) mass is 278 g/mol. The average Bonchev–Trinajstić information content (AvgIpc) is 2.36. The summed E-state index contributed by atoms with van der Waals surface area (Å²) >= 11 is 0. The molecule has 0 aliphatic carbocycles. The van der Waals surface area contributed by atoms with Crippen molar-refractivity contribution in [2.24, 2.45) is 0 Å². The molecule has 0 aliphatic heterocycles. The summed E-state index contributed by atoms with van der Waals surface area (Å²) in [5, 5.41) is 3.58. The van der Waals surface area contributed by atoms with Crippen LogP contribution in [0.4, 0.5) is 5.69 Å². The largest absolute Gasteiger partial charge is 0.383 e. The van der Waals surface area contributed by atoms with Crippen molar-refractivity contribution in [1.29, 1.82) is 0 Å². The third-order valence-corrected chi connectivity index (χ3v) is 3.34. The summed E-state index contributed by atoms with van der Waals surface area (Å²) in [5.74, 6) is 0. The fourth-order valence-corrected chi connectivity index (χ4v) is 2.33. The van der Waals surface area contributed by atoms with Crippen LogP contribution >= 0.6 is 0 Å². The second kappa shape index (κ2) is 7.65. The van der Waals surface area contributed by atoms with Crippen LogP contribution in [0, 0.1) is 6.92 Å². The summed E-state index contributed by atoms with van der Waals surface area (Å²) in [5.41, 5.74) is 2.68. The van der Waals surface area contributed by atoms with Crippen molar-refractivity contribution in [3.8, 4) is 0 Å². The minimum absolute atomic E-state index is 0.123. The van der Waals surface area contributed by atoms with Gasteiger partial charge in [0.2, 0.25) is 0 Å². The zero-order chi connectivity index (χ0) is 15.2. The van der Waals surface area contributed by atoms with Crippen LogP contribution in [0.15, 0.2) is 24.3 Å². The Kier molecular flexibility index (Phi) is 6.50. The number of likely N-dealkylation sites (N-methyl/N-ethyl adjacent to an activating group) is 1. The molecule has 0 saturated carbocycles. The number of nitrogens with zero attached hydrogens (tertiary/aromatic N) is 1. The Morgan fingerprint density at radius 2 is 2.00 bits per heavy atom. The molecule has 1 unspecified atom stereocenters. The van der Waals surface area contributed by atoms with Crippen molar-refractivity contribution < 1.29 is 4.74 Å². The molecule has 0 radical (unpaired) electrons. The topological polar surface area (TPSA) is 24.5 Å². The Balaban J connectivity index is 2.85. The molecule has 0 aromatic heterocycles. The molecule has 0 saturated heterocycles. The predicted molar refractivity (Wildman–Crippen MR) is 87.6 cm³/mol. The molecule has 0 amide bonds. The molecule has 0 aliphatic rings. The first-order chi connectivity index (χ1) is 9.37. The summed E-state index contributed by atoms with van der Waals surface area (Å²) < 4.78 is 5.42. The van der Waals surface area contributed by atoms with Gasteiger partial charge in [0.25, 0.3) is 0 Å². The second-order valence-electron chi connectivity index (χ2n) is 6.37. The fourth-order valence-electron chi connectivity index (χ4n) is 2.33. The van der Waals surface area contributed by atoms with E-state index in [1.54, 1.807) is 7.11 Å². The maximum atomic E-state index is 5.42. The highest BCUT2D eigenvalue weighted by Gasteiger charge is 2.20. The molecular weight excluding hydrogens is 248 g/mol. The van der Waals surface area contributed by atoms with Gasteiger partial charge in [0.15, 0.2) is 0 Å². The molecule has 0 bridgehead atoms. The van der Waals surface area contributed by atoms with Crippen LogP contribution in [0.2, 0.25) is 0 Å². The highest BCUT2D eigenvalue weighted by Crippen LogP contribution is 2.19. The van der Waals surface area contributed by atoms with Crippen molar-refractivity contribution in [3.05, 3.63) is 29.8 Å². The quantitative estimate of drug-likeness (QED) is 0.829. The van der Waals surface area contributed by atoms with E-state index in [1.165, 1.54) is 11.3 Å². The lowest BCUT2D eigenvalue weighted by molar-refractivity contribution is 0.172. The Morgan fingerprint density at radius 1 is 1.30 bits per heavy atom. The van der Waals surface area contributed by atoms with E-state index < -0.39 is 0 Å². The number of hydrogen-bond acceptors (Lipinski definition) is 3. The van der Waals surface area contributed by atoms with Crippen molar-refractivity contribution in [2.75, 3.05) is 31.7 Å². The molecule has 1 atom stereocenters. The van der Waals surface area contributed by atoms with Crippen LogP contribution < -0.4 is 10.2 Å². The summed E-state index contributed by atoms with van der Waals surface area (Å²) in [4.78, 5) is 2.41. The lowest BCUT2D eigenvalue weighted by Crippen LogP contribution is -2.49. The van der Waals surface area contributed by atoms with E-state index in [4.69, 9.17) is 4.74 Å². The first-order valence-electron chi connectivity index (χ1n) is 7.44. The van der Waals surface area contributed by atoms with E-state index >= 15 is 0 Å². The highest BCUT2D eigenvalue weighted by atomic mass is 16.5. The maximum Gasteiger partial charge on any atom is 0.0678 e. The number of ether oxygens (including phenoxy) is 1. The van der Waals surface area contributed by atoms with Gasteiger partial charge in [-0.25, -0.2) is 0 Å². The number of hydrogen-bond donors (Lipinski definition) is 1. The van der Waals surface area contributed by atoms with Crippen LogP contribution in [0.3, 0.4) is 0 Å². The van der Waals surface area contributed by atoms with E-state index in [-0.39, 0.29) is 5.54 Å². The van der Waals surface area contributed by atoms with Crippen LogP contribution in [0.25, 0.3) is 0 Å². The van der Waals surface area contributed by atoms with Crippen molar-refractivity contribution in [3.63, 3.8) is 0 Å². The predicted octanol–water partition coefficient (Wildman–Crippen LogP) is 3.22. The van der Waals surface area contributed by atoms with Gasteiger partial charge < -0.3 is 15.0 Å². The van der Waals surface area contributed by atoms with Crippen molar-refractivity contribution >= 4 is 5.69 Å². The third kappa shape index (κ3) is 5.51. The van der Waals surface area contributed by atoms with Crippen LogP contribution in [0.1, 0.15) is 33.3 Å². The molecule has 3 heteroatoms. The van der Waals surface area contributed by atoms with Crippen LogP contribution in [0.5, 0.6) is 0 Å². The van der Waals surface area contributed by atoms with Gasteiger partial charge in [-0.05, 0) is 52.3 Å². The Morgan fingerprint density at radius 3 is 2.50 bits per heavy atom. The zero-order valence-electron chi connectivity index (χ0n) is 13.9. The number of anilines is 1. The van der Waals surface area contributed by atoms with Gasteiger partial charge in [-0.2, -0.15) is 0 Å². The Hall–Kier alpha value is -1.06. The number of nitrogens with one attached hydrogen (secondary N) is 1. The molecule has 0 spiro atoms. The molecule has 0 heterocycles. The van der Waals surface area contributed by atoms with Gasteiger partial charge in [0.1, 0.15) is 0 Å². The molecule has 1 rings (SSSR count). The lowest BCUT2D eigenvalue weighted by Gasteiger charge is -2.35. The van der Waals surface area contributed by atoms with E-state index in [0.29, 0.717) is 6.04 Å². The zero-order valence-corrected chi connectivity index (χ0v) is 13.9. The number of methoxy groups -OCH3 is 1. The summed E-state index contributed by atoms with van der Waals surface area (Å²) in [7, 11) is 1.77. The van der Waals surface area contributed by atoms with Gasteiger partial charge in [0, 0.05) is 31.4 Å². The summed E-state index contributed by atoms with van der Waals surface area (Å²) in [6.45, 7) is 13.5. The van der Waals surface area contributed by atoms with Gasteiger partial charge in [-0.3, -0.25) is 0 Å². The smallest absolute Gasteiger partial charge is 0.0678 e. The Bertz CT molecular complexity index is 398. The normalized spacial score (nSPS) is 13.3. The fraction of sp³-hybridized carbons (Fsp3) is 0.647. The minimum Gasteiger partial charge on any atom is -0.383 e. The minimum atomic E-state index is 0.123. The first kappa shape index (κ1) is 17.0. The SMILES string of the molecule is CCN(c1cccc(C)c1)C(CNC(C)(C)C)COC. The average molecular weight is 278 g/mol. The molecule has 1 N–H and O–H groups in total. The first-order valence-corrected chi connectivity index (χ1v) is 7.44. The van der Waals surface area contributed by atoms with Crippen LogP contribution in [-0.2, 0) is 4.74 Å². The summed E-state index contributed by atoms with van der Waals surface area (Å²) in [6.07, 6.45) is 0. The summed E-state index contributed by atoms with van der Waals surface area (Å²) in [6, 6.07) is 9.01. The Labute approximate surface area is 124 Å². The standard InChI is InChI=1S/C17H30N2O/c1-7-19(15-10-8-9-14(2)11-15)16(13-20-6)12-18-17(3,4)5/h8-11,16,18H,7,12-13H2,1-6H3. The van der Waals surface area contributed by atoms with E-state index in [2.05, 4.69) is 69.1 Å². The molecule has 1 aromatic carbocycles. The van der Waals surface area contributed by atoms with Crippen LogP contribution in [-0.4, -0.2) is 38.4 Å². The van der Waals surface area contributed by atoms with Gasteiger partial charge in [0.05, 0.1) is 12.6 Å². The molecule has 1 aromatic rings. The van der Waals surface area contributed by atoms with Crippen molar-refractivity contribution in [2.45, 2.75) is 46.2 Å². The van der Waals surface area contributed by atoms with E-state index in [9.17, 15) is 0 Å². The molecule has 0 fully saturated rings. The number of benzene rings is 1. The molecule has 3 nitrogen and oxygen atoms in total. The number of rotatable bonds is 7. The number of aryl methyl sites for hydroxylation is 1. The molecular formula is C17H30N2O. The van der Waals surface area contributed by atoms with Gasteiger partial charge in [-0.1, -0.05) is 12.1 Å². The lowest BCUT2D eigenvalue weighted by atomic mass is 10.1.